The zero-order chi connectivity index (χ0) is 11.6. The van der Waals surface area contributed by atoms with E-state index < -0.39 is 0 Å². The van der Waals surface area contributed by atoms with Gasteiger partial charge in [0.25, 0.3) is 0 Å². The van der Waals surface area contributed by atoms with Crippen LogP contribution in [0.2, 0.25) is 0 Å². The molecular weight excluding hydrogens is 204 g/mol. The smallest absolute Gasteiger partial charge is 0.157 e. The Balaban J connectivity index is 1.92. The largest absolute Gasteiger partial charge is 0.377 e. The number of terminal acetylenes is 1. The van der Waals surface area contributed by atoms with Crippen LogP contribution in [0.4, 0.5) is 0 Å². The molecule has 1 aliphatic heterocycles. The van der Waals surface area contributed by atoms with Crippen LogP contribution in [0.15, 0.2) is 0 Å². The van der Waals surface area contributed by atoms with Gasteiger partial charge in [-0.25, -0.2) is 0 Å². The summed E-state index contributed by atoms with van der Waals surface area (Å²) in [4.78, 5) is 0. The van der Waals surface area contributed by atoms with Gasteiger partial charge >= 0.3 is 0 Å². The molecule has 0 aromatic carbocycles. The minimum atomic E-state index is -0.0287. The van der Waals surface area contributed by atoms with E-state index in [1.807, 2.05) is 0 Å². The molecule has 0 aliphatic carbocycles. The molecule has 1 saturated heterocycles. The molecule has 0 aromatic heterocycles. The van der Waals surface area contributed by atoms with E-state index in [-0.39, 0.29) is 12.4 Å². The lowest BCUT2D eigenvalue weighted by Gasteiger charge is -2.28. The van der Waals surface area contributed by atoms with Gasteiger partial charge in [-0.15, -0.1) is 12.3 Å². The zero-order valence-electron chi connectivity index (χ0n) is 10.1. The molecule has 0 bridgehead atoms. The number of unbranched alkanes of at least 4 members (excludes halogenated alkanes) is 4. The van der Waals surface area contributed by atoms with Crippen LogP contribution in [0.5, 0.6) is 0 Å². The molecule has 0 amide bonds. The molecule has 0 spiro atoms. The van der Waals surface area contributed by atoms with Gasteiger partial charge in [-0.1, -0.05) is 12.8 Å². The SMILES string of the molecule is C#CCCCCCCC1OCC(OC)CO1. The molecule has 16 heavy (non-hydrogen) atoms. The summed E-state index contributed by atoms with van der Waals surface area (Å²) in [5, 5.41) is 0. The maximum atomic E-state index is 5.53. The van der Waals surface area contributed by atoms with Crippen molar-refractivity contribution < 1.29 is 14.2 Å². The van der Waals surface area contributed by atoms with Gasteiger partial charge in [-0.2, -0.15) is 0 Å². The standard InChI is InChI=1S/C13H22O3/c1-3-4-5-6-7-8-9-13-15-10-12(14-2)11-16-13/h1,12-13H,4-11H2,2H3. The third-order valence-electron chi connectivity index (χ3n) is 2.78. The average molecular weight is 226 g/mol. The highest BCUT2D eigenvalue weighted by Crippen LogP contribution is 2.15. The van der Waals surface area contributed by atoms with Gasteiger partial charge in [-0.3, -0.25) is 0 Å². The van der Waals surface area contributed by atoms with Gasteiger partial charge in [0.1, 0.15) is 6.10 Å². The highest BCUT2D eigenvalue weighted by atomic mass is 16.7. The Morgan fingerprint density at radius 1 is 1.19 bits per heavy atom. The molecule has 1 fully saturated rings. The molecule has 3 heteroatoms. The predicted molar refractivity (Wildman–Crippen MR) is 63.0 cm³/mol. The van der Waals surface area contributed by atoms with Crippen molar-refractivity contribution in [2.45, 2.75) is 50.9 Å². The normalized spacial score (nSPS) is 25.2. The van der Waals surface area contributed by atoms with Gasteiger partial charge in [0.2, 0.25) is 0 Å². The van der Waals surface area contributed by atoms with Crippen molar-refractivity contribution in [3.8, 4) is 12.3 Å². The Morgan fingerprint density at radius 2 is 1.88 bits per heavy atom. The molecule has 1 rings (SSSR count). The Kier molecular flexibility index (Phi) is 7.24. The van der Waals surface area contributed by atoms with Crippen molar-refractivity contribution in [3.63, 3.8) is 0 Å². The van der Waals surface area contributed by atoms with Crippen molar-refractivity contribution in [1.29, 1.82) is 0 Å². The third kappa shape index (κ3) is 5.50. The average Bonchev–Trinajstić information content (AvgIpc) is 2.34. The number of ether oxygens (including phenoxy) is 3. The lowest BCUT2D eigenvalue weighted by molar-refractivity contribution is -0.223. The second-order valence-electron chi connectivity index (χ2n) is 4.11. The van der Waals surface area contributed by atoms with Crippen LogP contribution < -0.4 is 0 Å². The lowest BCUT2D eigenvalue weighted by atomic mass is 10.1. The molecule has 92 valence electrons. The summed E-state index contributed by atoms with van der Waals surface area (Å²) in [6.07, 6.45) is 11.8. The second kappa shape index (κ2) is 8.58. The van der Waals surface area contributed by atoms with E-state index in [2.05, 4.69) is 5.92 Å². The van der Waals surface area contributed by atoms with Gasteiger partial charge in [0.15, 0.2) is 6.29 Å². The summed E-state index contributed by atoms with van der Waals surface area (Å²) in [6.45, 7) is 1.30. The van der Waals surface area contributed by atoms with Crippen LogP contribution >= 0.6 is 0 Å². The molecule has 0 saturated carbocycles. The van der Waals surface area contributed by atoms with Crippen molar-refractivity contribution >= 4 is 0 Å². The summed E-state index contributed by atoms with van der Waals surface area (Å²) >= 11 is 0. The summed E-state index contributed by atoms with van der Waals surface area (Å²) in [5.74, 6) is 2.66. The van der Waals surface area contributed by atoms with E-state index >= 15 is 0 Å². The van der Waals surface area contributed by atoms with Crippen molar-refractivity contribution in [2.75, 3.05) is 20.3 Å². The fraction of sp³-hybridized carbons (Fsp3) is 0.846. The van der Waals surface area contributed by atoms with Gasteiger partial charge in [0, 0.05) is 13.5 Å². The van der Waals surface area contributed by atoms with Crippen molar-refractivity contribution in [1.82, 2.24) is 0 Å². The Labute approximate surface area is 98.5 Å². The van der Waals surface area contributed by atoms with Crippen LogP contribution in [-0.2, 0) is 14.2 Å². The molecular formula is C13H22O3. The highest BCUT2D eigenvalue weighted by Gasteiger charge is 2.20. The zero-order valence-corrected chi connectivity index (χ0v) is 10.1. The molecule has 1 heterocycles. The monoisotopic (exact) mass is 226 g/mol. The van der Waals surface area contributed by atoms with Crippen LogP contribution in [0.3, 0.4) is 0 Å². The number of hydrogen-bond acceptors (Lipinski definition) is 3. The quantitative estimate of drug-likeness (QED) is 0.492. The van der Waals surface area contributed by atoms with Crippen LogP contribution in [0.25, 0.3) is 0 Å². The van der Waals surface area contributed by atoms with Crippen molar-refractivity contribution in [3.05, 3.63) is 0 Å². The van der Waals surface area contributed by atoms with Crippen LogP contribution in [0.1, 0.15) is 38.5 Å². The second-order valence-corrected chi connectivity index (χ2v) is 4.11. The summed E-state index contributed by atoms with van der Waals surface area (Å²) in [6, 6.07) is 0. The van der Waals surface area contributed by atoms with Gasteiger partial charge < -0.3 is 14.2 Å². The highest BCUT2D eigenvalue weighted by molar-refractivity contribution is 4.82. The first-order chi connectivity index (χ1) is 7.86. The minimum Gasteiger partial charge on any atom is -0.377 e. The first-order valence-corrected chi connectivity index (χ1v) is 6.06. The third-order valence-corrected chi connectivity index (χ3v) is 2.78. The molecule has 0 atom stereocenters. The van der Waals surface area contributed by atoms with Crippen LogP contribution in [0, 0.1) is 12.3 Å². The first kappa shape index (κ1) is 13.5. The maximum Gasteiger partial charge on any atom is 0.157 e. The molecule has 0 unspecified atom stereocenters. The first-order valence-electron chi connectivity index (χ1n) is 6.06. The Bertz CT molecular complexity index is 202. The number of methoxy groups -OCH3 is 1. The lowest BCUT2D eigenvalue weighted by Crippen LogP contribution is -2.36. The number of rotatable bonds is 7. The molecule has 1 aliphatic rings. The summed E-state index contributed by atoms with van der Waals surface area (Å²) in [5.41, 5.74) is 0. The maximum absolute atomic E-state index is 5.53. The predicted octanol–water partition coefficient (Wildman–Crippen LogP) is 2.35. The fourth-order valence-corrected chi connectivity index (χ4v) is 1.72. The fourth-order valence-electron chi connectivity index (χ4n) is 1.72. The molecule has 0 N–H and O–H groups in total. The molecule has 0 radical (unpaired) electrons. The Morgan fingerprint density at radius 3 is 2.50 bits per heavy atom. The van der Waals surface area contributed by atoms with Gasteiger partial charge in [0.05, 0.1) is 13.2 Å². The van der Waals surface area contributed by atoms with E-state index in [0.29, 0.717) is 13.2 Å². The van der Waals surface area contributed by atoms with Gasteiger partial charge in [-0.05, 0) is 19.3 Å². The molecule has 3 nitrogen and oxygen atoms in total. The van der Waals surface area contributed by atoms with Crippen LogP contribution in [-0.4, -0.2) is 32.7 Å². The van der Waals surface area contributed by atoms with E-state index in [1.54, 1.807) is 7.11 Å². The summed E-state index contributed by atoms with van der Waals surface area (Å²) < 4.78 is 16.2. The summed E-state index contributed by atoms with van der Waals surface area (Å²) in [7, 11) is 1.68. The van der Waals surface area contributed by atoms with E-state index in [1.165, 1.54) is 12.8 Å². The topological polar surface area (TPSA) is 27.7 Å². The Hall–Kier alpha value is -0.560. The number of hydrogen-bond donors (Lipinski definition) is 0. The minimum absolute atomic E-state index is 0.0287. The van der Waals surface area contributed by atoms with Crippen molar-refractivity contribution in [2.24, 2.45) is 0 Å². The van der Waals surface area contributed by atoms with E-state index in [9.17, 15) is 0 Å². The van der Waals surface area contributed by atoms with E-state index in [4.69, 9.17) is 20.6 Å². The molecule has 0 aromatic rings. The van der Waals surface area contributed by atoms with E-state index in [0.717, 1.165) is 25.7 Å².